The summed E-state index contributed by atoms with van der Waals surface area (Å²) in [5.41, 5.74) is 11.6. The van der Waals surface area contributed by atoms with Gasteiger partial charge in [-0.3, -0.25) is 14.7 Å². The molecule has 6 rings (SSSR count). The maximum absolute atomic E-state index is 11.2. The lowest BCUT2D eigenvalue weighted by Gasteiger charge is -2.31. The molecule has 1 fully saturated rings. The second-order valence-corrected chi connectivity index (χ2v) is 9.31. The van der Waals surface area contributed by atoms with Crippen LogP contribution in [-0.4, -0.2) is 50.0 Å². The molecule has 0 spiro atoms. The Kier molecular flexibility index (Phi) is 5.79. The number of rotatable bonds is 6. The van der Waals surface area contributed by atoms with Crippen molar-refractivity contribution in [1.29, 1.82) is 0 Å². The fourth-order valence-corrected chi connectivity index (χ4v) is 5.02. The molecule has 1 aliphatic heterocycles. The lowest BCUT2D eigenvalue weighted by Crippen LogP contribution is -2.39. The highest BCUT2D eigenvalue weighted by atomic mass is 16.1. The Hall–Kier alpha value is -4.30. The number of hydrogen-bond acceptors (Lipinski definition) is 6. The van der Waals surface area contributed by atoms with Crippen LogP contribution < -0.4 is 11.1 Å². The Balaban J connectivity index is 1.19. The van der Waals surface area contributed by atoms with Gasteiger partial charge in [0.15, 0.2) is 0 Å². The van der Waals surface area contributed by atoms with Crippen LogP contribution in [0, 0.1) is 0 Å². The van der Waals surface area contributed by atoms with E-state index in [1.807, 2.05) is 35.1 Å². The third kappa shape index (κ3) is 4.50. The first-order chi connectivity index (χ1) is 17.6. The quantitative estimate of drug-likeness (QED) is 0.377. The monoisotopic (exact) mass is 477 g/mol. The molecule has 3 aromatic heterocycles. The van der Waals surface area contributed by atoms with Crippen molar-refractivity contribution >= 4 is 34.0 Å². The maximum atomic E-state index is 11.2. The molecule has 0 saturated carbocycles. The number of pyridine rings is 1. The van der Waals surface area contributed by atoms with E-state index in [-0.39, 0.29) is 5.91 Å². The number of carbonyl (C=O) groups excluding carboxylic acids is 1. The number of nitrogens with two attached hydrogens (primary N) is 1. The molecule has 0 atom stereocenters. The minimum atomic E-state index is -0.258. The second kappa shape index (κ2) is 9.39. The van der Waals surface area contributed by atoms with E-state index in [0.29, 0.717) is 18.4 Å². The van der Waals surface area contributed by atoms with Gasteiger partial charge in [0.05, 0.1) is 29.5 Å². The van der Waals surface area contributed by atoms with Crippen molar-refractivity contribution in [2.45, 2.75) is 18.8 Å². The lowest BCUT2D eigenvalue weighted by atomic mass is 9.89. The lowest BCUT2D eigenvalue weighted by molar-refractivity contribution is -0.119. The molecule has 0 radical (unpaired) electrons. The summed E-state index contributed by atoms with van der Waals surface area (Å²) in [4.78, 5) is 22.2. The van der Waals surface area contributed by atoms with Crippen LogP contribution in [0.1, 0.15) is 24.3 Å². The third-order valence-electron chi connectivity index (χ3n) is 6.90. The number of nitrogens with zero attached hydrogens (tertiary/aromatic N) is 5. The Morgan fingerprint density at radius 1 is 1.00 bits per heavy atom. The summed E-state index contributed by atoms with van der Waals surface area (Å²) < 4.78 is 1.92. The Morgan fingerprint density at radius 3 is 2.64 bits per heavy atom. The van der Waals surface area contributed by atoms with Gasteiger partial charge in [-0.25, -0.2) is 9.50 Å². The number of carbonyl (C=O) groups is 1. The van der Waals surface area contributed by atoms with Crippen molar-refractivity contribution in [3.8, 4) is 11.3 Å². The first kappa shape index (κ1) is 22.2. The van der Waals surface area contributed by atoms with E-state index in [9.17, 15) is 4.79 Å². The van der Waals surface area contributed by atoms with Gasteiger partial charge in [0.25, 0.3) is 0 Å². The Labute approximate surface area is 208 Å². The van der Waals surface area contributed by atoms with Gasteiger partial charge >= 0.3 is 0 Å². The summed E-state index contributed by atoms with van der Waals surface area (Å²) in [5, 5.41) is 9.20. The van der Waals surface area contributed by atoms with Gasteiger partial charge in [-0.1, -0.05) is 24.3 Å². The third-order valence-corrected chi connectivity index (χ3v) is 6.90. The molecule has 3 N–H and O–H groups in total. The molecule has 4 heterocycles. The van der Waals surface area contributed by atoms with Crippen molar-refractivity contribution in [1.82, 2.24) is 24.5 Å². The number of likely N-dealkylation sites (tertiary alicyclic amines) is 1. The van der Waals surface area contributed by atoms with E-state index in [1.54, 1.807) is 0 Å². The van der Waals surface area contributed by atoms with Crippen molar-refractivity contribution in [2.24, 2.45) is 5.73 Å². The predicted molar refractivity (Wildman–Crippen MR) is 141 cm³/mol. The van der Waals surface area contributed by atoms with E-state index in [1.165, 1.54) is 5.56 Å². The van der Waals surface area contributed by atoms with Crippen LogP contribution in [0.15, 0.2) is 79.1 Å². The van der Waals surface area contributed by atoms with Gasteiger partial charge in [-0.15, -0.1) is 5.10 Å². The van der Waals surface area contributed by atoms with Crippen LogP contribution in [0.5, 0.6) is 0 Å². The van der Waals surface area contributed by atoms with Crippen molar-refractivity contribution in [3.63, 3.8) is 0 Å². The van der Waals surface area contributed by atoms with Crippen LogP contribution >= 0.6 is 0 Å². The molecular weight excluding hydrogens is 450 g/mol. The number of anilines is 2. The molecule has 1 aliphatic rings. The summed E-state index contributed by atoms with van der Waals surface area (Å²) in [6, 6.07) is 22.8. The minimum Gasteiger partial charge on any atom is -0.369 e. The van der Waals surface area contributed by atoms with Gasteiger partial charge in [-0.05, 0) is 79.9 Å². The average Bonchev–Trinajstić information content (AvgIpc) is 3.32. The maximum Gasteiger partial charge on any atom is 0.245 e. The highest BCUT2D eigenvalue weighted by Gasteiger charge is 2.21. The molecule has 36 heavy (non-hydrogen) atoms. The largest absolute Gasteiger partial charge is 0.369 e. The number of aromatic nitrogens is 4. The van der Waals surface area contributed by atoms with E-state index in [4.69, 9.17) is 10.8 Å². The Bertz CT molecular complexity index is 1540. The highest BCUT2D eigenvalue weighted by Crippen LogP contribution is 2.29. The number of amides is 1. The molecule has 0 unspecified atom stereocenters. The number of benzene rings is 2. The molecule has 1 saturated heterocycles. The molecule has 1 amide bonds. The van der Waals surface area contributed by atoms with Gasteiger partial charge < -0.3 is 11.1 Å². The molecule has 180 valence electrons. The van der Waals surface area contributed by atoms with Crippen molar-refractivity contribution < 1.29 is 4.79 Å². The number of primary amides is 1. The summed E-state index contributed by atoms with van der Waals surface area (Å²) >= 11 is 0. The SMILES string of the molecule is NC(=O)CN1CCC(c2ccc(Nc3ncc4ccc(-c5ccc6ncccc6c5)n4n3)cc2)CC1. The zero-order chi connectivity index (χ0) is 24.5. The van der Waals surface area contributed by atoms with Crippen LogP contribution in [0.4, 0.5) is 11.6 Å². The molecule has 8 nitrogen and oxygen atoms in total. The van der Waals surface area contributed by atoms with E-state index >= 15 is 0 Å². The van der Waals surface area contributed by atoms with E-state index in [2.05, 4.69) is 68.7 Å². The smallest absolute Gasteiger partial charge is 0.245 e. The van der Waals surface area contributed by atoms with Gasteiger partial charge in [0, 0.05) is 22.8 Å². The van der Waals surface area contributed by atoms with Crippen molar-refractivity contribution in [2.75, 3.05) is 25.0 Å². The van der Waals surface area contributed by atoms with Crippen LogP contribution in [-0.2, 0) is 4.79 Å². The van der Waals surface area contributed by atoms with E-state index in [0.717, 1.165) is 59.3 Å². The predicted octanol–water partition coefficient (Wildman–Crippen LogP) is 4.35. The molecule has 2 aromatic carbocycles. The minimum absolute atomic E-state index is 0.258. The number of nitrogens with one attached hydrogen (secondary N) is 1. The van der Waals surface area contributed by atoms with Gasteiger partial charge in [0.1, 0.15) is 0 Å². The molecule has 5 aromatic rings. The molecule has 0 bridgehead atoms. The van der Waals surface area contributed by atoms with Crippen LogP contribution in [0.2, 0.25) is 0 Å². The zero-order valence-electron chi connectivity index (χ0n) is 19.8. The average molecular weight is 478 g/mol. The normalized spacial score (nSPS) is 14.9. The fourth-order valence-electron chi connectivity index (χ4n) is 5.02. The number of piperidine rings is 1. The summed E-state index contributed by atoms with van der Waals surface area (Å²) in [7, 11) is 0. The second-order valence-electron chi connectivity index (χ2n) is 9.31. The first-order valence-electron chi connectivity index (χ1n) is 12.2. The number of fused-ring (bicyclic) bond motifs is 2. The van der Waals surface area contributed by atoms with Gasteiger partial charge in [-0.2, -0.15) is 0 Å². The van der Waals surface area contributed by atoms with Gasteiger partial charge in [0.2, 0.25) is 11.9 Å². The Morgan fingerprint density at radius 2 is 1.83 bits per heavy atom. The summed E-state index contributed by atoms with van der Waals surface area (Å²) in [5.74, 6) is 0.774. The summed E-state index contributed by atoms with van der Waals surface area (Å²) in [6.45, 7) is 2.14. The molecule has 0 aliphatic carbocycles. The number of hydrogen-bond donors (Lipinski definition) is 2. The topological polar surface area (TPSA) is 101 Å². The van der Waals surface area contributed by atoms with Crippen molar-refractivity contribution in [3.05, 3.63) is 84.7 Å². The first-order valence-corrected chi connectivity index (χ1v) is 12.2. The fraction of sp³-hybridized carbons (Fsp3) is 0.214. The zero-order valence-corrected chi connectivity index (χ0v) is 19.8. The van der Waals surface area contributed by atoms with Crippen LogP contribution in [0.3, 0.4) is 0 Å². The standard InChI is InChI=1S/C28H27N7O/c29-27(36)18-34-14-11-20(12-15-34)19-3-6-23(7-4-19)32-28-31-17-24-8-10-26(35(24)33-28)22-5-9-25-21(16-22)2-1-13-30-25/h1-10,13,16-17,20H,11-12,14-15,18H2,(H2,29,36)(H,32,33). The highest BCUT2D eigenvalue weighted by molar-refractivity contribution is 5.84. The van der Waals surface area contributed by atoms with Crippen LogP contribution in [0.25, 0.3) is 27.7 Å². The summed E-state index contributed by atoms with van der Waals surface area (Å²) in [6.07, 6.45) is 5.69. The molecule has 8 heteroatoms. The molecular formula is C28H27N7O. The van der Waals surface area contributed by atoms with E-state index < -0.39 is 0 Å².